The first-order valence-corrected chi connectivity index (χ1v) is 6.64. The lowest BCUT2D eigenvalue weighted by molar-refractivity contribution is -0.123. The zero-order valence-electron chi connectivity index (χ0n) is 10.5. The number of amides is 1. The van der Waals surface area contributed by atoms with Gasteiger partial charge in [-0.25, -0.2) is 0 Å². The third-order valence-electron chi connectivity index (χ3n) is 2.66. The summed E-state index contributed by atoms with van der Waals surface area (Å²) in [5, 5.41) is 4.00. The number of nitrogens with one attached hydrogen (secondary N) is 1. The van der Waals surface area contributed by atoms with Crippen molar-refractivity contribution in [2.75, 3.05) is 6.54 Å². The molecule has 0 aliphatic rings. The van der Waals surface area contributed by atoms with Crippen molar-refractivity contribution in [1.82, 2.24) is 5.32 Å². The molecule has 0 radical (unpaired) electrons. The number of carbonyl (C=O) groups excluding carboxylic acids is 1. The molecule has 0 spiro atoms. The Morgan fingerprint density at radius 1 is 1.28 bits per heavy atom. The van der Waals surface area contributed by atoms with Crippen LogP contribution in [0.15, 0.2) is 18.2 Å². The van der Waals surface area contributed by atoms with Crippen LogP contribution in [0.1, 0.15) is 19.4 Å². The molecule has 0 bridgehead atoms. The number of carbonyl (C=O) groups is 1. The van der Waals surface area contributed by atoms with E-state index in [1.165, 1.54) is 0 Å². The third kappa shape index (κ3) is 4.84. The molecule has 3 N–H and O–H groups in total. The van der Waals surface area contributed by atoms with Gasteiger partial charge in [0, 0.05) is 16.6 Å². The molecule has 1 rings (SSSR count). The normalized spacial score (nSPS) is 12.6. The Hall–Kier alpha value is -0.770. The van der Waals surface area contributed by atoms with Gasteiger partial charge in [-0.3, -0.25) is 4.79 Å². The van der Waals surface area contributed by atoms with Crippen molar-refractivity contribution >= 4 is 29.1 Å². The zero-order chi connectivity index (χ0) is 13.7. The quantitative estimate of drug-likeness (QED) is 0.875. The molecule has 100 valence electrons. The first-order valence-electron chi connectivity index (χ1n) is 5.88. The topological polar surface area (TPSA) is 55.1 Å². The Morgan fingerprint density at radius 2 is 1.83 bits per heavy atom. The van der Waals surface area contributed by atoms with Gasteiger partial charge >= 0.3 is 0 Å². The maximum absolute atomic E-state index is 11.6. The molecule has 18 heavy (non-hydrogen) atoms. The maximum Gasteiger partial charge on any atom is 0.237 e. The van der Waals surface area contributed by atoms with Gasteiger partial charge < -0.3 is 11.1 Å². The molecule has 0 aliphatic heterocycles. The van der Waals surface area contributed by atoms with Crippen LogP contribution in [0.4, 0.5) is 0 Å². The van der Waals surface area contributed by atoms with E-state index in [2.05, 4.69) is 5.32 Å². The summed E-state index contributed by atoms with van der Waals surface area (Å²) in [6.07, 6.45) is 0.677. The molecular weight excluding hydrogens is 271 g/mol. The number of nitrogens with two attached hydrogens (primary N) is 1. The van der Waals surface area contributed by atoms with Crippen LogP contribution in [-0.2, 0) is 11.2 Å². The van der Waals surface area contributed by atoms with Crippen LogP contribution in [0.5, 0.6) is 0 Å². The summed E-state index contributed by atoms with van der Waals surface area (Å²) in [4.78, 5) is 11.6. The number of rotatable bonds is 5. The zero-order valence-corrected chi connectivity index (χ0v) is 12.1. The summed E-state index contributed by atoms with van der Waals surface area (Å²) < 4.78 is 0. The fourth-order valence-electron chi connectivity index (χ4n) is 1.51. The summed E-state index contributed by atoms with van der Waals surface area (Å²) in [6.45, 7) is 4.36. The summed E-state index contributed by atoms with van der Waals surface area (Å²) in [7, 11) is 0. The lowest BCUT2D eigenvalue weighted by Gasteiger charge is -2.15. The first-order chi connectivity index (χ1) is 8.40. The third-order valence-corrected chi connectivity index (χ3v) is 3.09. The summed E-state index contributed by atoms with van der Waals surface area (Å²) in [5.74, 6) is 0.00346. The molecule has 5 heteroatoms. The number of halogens is 2. The predicted octanol–water partition coefficient (Wildman–Crippen LogP) is 2.64. The Morgan fingerprint density at radius 3 is 2.33 bits per heavy atom. The number of hydrogen-bond acceptors (Lipinski definition) is 2. The summed E-state index contributed by atoms with van der Waals surface area (Å²) in [6, 6.07) is 4.89. The maximum atomic E-state index is 11.6. The van der Waals surface area contributed by atoms with Crippen LogP contribution < -0.4 is 11.1 Å². The highest BCUT2D eigenvalue weighted by molar-refractivity contribution is 6.34. The average molecular weight is 289 g/mol. The molecule has 3 nitrogen and oxygen atoms in total. The molecule has 0 fully saturated rings. The SMILES string of the molecule is CC(C)[C@H](N)C(=O)NCCc1cc(Cl)cc(Cl)c1. The Balaban J connectivity index is 2.44. The predicted molar refractivity (Wildman–Crippen MR) is 76.0 cm³/mol. The van der Waals surface area contributed by atoms with Gasteiger partial charge in [0.15, 0.2) is 0 Å². The van der Waals surface area contributed by atoms with Crippen LogP contribution in [0.2, 0.25) is 10.0 Å². The first kappa shape index (κ1) is 15.3. The van der Waals surface area contributed by atoms with Crippen LogP contribution in [0, 0.1) is 5.92 Å². The van der Waals surface area contributed by atoms with E-state index in [-0.39, 0.29) is 11.8 Å². The van der Waals surface area contributed by atoms with Gasteiger partial charge in [-0.15, -0.1) is 0 Å². The fraction of sp³-hybridized carbons (Fsp3) is 0.462. The molecule has 1 atom stereocenters. The van der Waals surface area contributed by atoms with Gasteiger partial charge in [0.1, 0.15) is 0 Å². The van der Waals surface area contributed by atoms with Crippen LogP contribution in [-0.4, -0.2) is 18.5 Å². The molecule has 1 aromatic carbocycles. The van der Waals surface area contributed by atoms with Gasteiger partial charge in [0.2, 0.25) is 5.91 Å². The van der Waals surface area contributed by atoms with E-state index in [0.29, 0.717) is 23.0 Å². The van der Waals surface area contributed by atoms with Crippen molar-refractivity contribution in [3.05, 3.63) is 33.8 Å². The fourth-order valence-corrected chi connectivity index (χ4v) is 2.08. The highest BCUT2D eigenvalue weighted by atomic mass is 35.5. The molecule has 1 amide bonds. The summed E-state index contributed by atoms with van der Waals surface area (Å²) >= 11 is 11.8. The highest BCUT2D eigenvalue weighted by Gasteiger charge is 2.16. The van der Waals surface area contributed by atoms with E-state index >= 15 is 0 Å². The monoisotopic (exact) mass is 288 g/mol. The second-order valence-electron chi connectivity index (χ2n) is 4.59. The molecule has 0 saturated carbocycles. The minimum atomic E-state index is -0.465. The molecule has 0 aromatic heterocycles. The highest BCUT2D eigenvalue weighted by Crippen LogP contribution is 2.19. The second kappa shape index (κ2) is 6.98. The van der Waals surface area contributed by atoms with Crippen LogP contribution >= 0.6 is 23.2 Å². The van der Waals surface area contributed by atoms with E-state index in [9.17, 15) is 4.79 Å². The van der Waals surface area contributed by atoms with Crippen molar-refractivity contribution in [2.45, 2.75) is 26.3 Å². The van der Waals surface area contributed by atoms with Crippen molar-refractivity contribution in [1.29, 1.82) is 0 Å². The van der Waals surface area contributed by atoms with Gasteiger partial charge in [-0.2, -0.15) is 0 Å². The van der Waals surface area contributed by atoms with E-state index in [1.54, 1.807) is 6.07 Å². The number of hydrogen-bond donors (Lipinski definition) is 2. The van der Waals surface area contributed by atoms with Crippen molar-refractivity contribution in [3.8, 4) is 0 Å². The van der Waals surface area contributed by atoms with Gasteiger partial charge in [-0.1, -0.05) is 37.0 Å². The Bertz CT molecular complexity index is 401. The van der Waals surface area contributed by atoms with E-state index in [1.807, 2.05) is 26.0 Å². The minimum absolute atomic E-state index is 0.127. The van der Waals surface area contributed by atoms with E-state index in [0.717, 1.165) is 5.56 Å². The smallest absolute Gasteiger partial charge is 0.237 e. The molecule has 1 aromatic rings. The van der Waals surface area contributed by atoms with Gasteiger partial charge in [0.05, 0.1) is 6.04 Å². The molecule has 0 aliphatic carbocycles. The molecular formula is C13H18Cl2N2O. The molecule has 0 saturated heterocycles. The molecule has 0 heterocycles. The van der Waals surface area contributed by atoms with Crippen LogP contribution in [0.3, 0.4) is 0 Å². The number of benzene rings is 1. The summed E-state index contributed by atoms with van der Waals surface area (Å²) in [5.41, 5.74) is 6.73. The lowest BCUT2D eigenvalue weighted by Crippen LogP contribution is -2.44. The van der Waals surface area contributed by atoms with Gasteiger partial charge in [-0.05, 0) is 36.1 Å². The molecule has 0 unspecified atom stereocenters. The largest absolute Gasteiger partial charge is 0.354 e. The minimum Gasteiger partial charge on any atom is -0.354 e. The average Bonchev–Trinajstić information content (AvgIpc) is 2.26. The second-order valence-corrected chi connectivity index (χ2v) is 5.46. The lowest BCUT2D eigenvalue weighted by atomic mass is 10.0. The van der Waals surface area contributed by atoms with Crippen molar-refractivity contribution in [3.63, 3.8) is 0 Å². The van der Waals surface area contributed by atoms with Gasteiger partial charge in [0.25, 0.3) is 0 Å². The van der Waals surface area contributed by atoms with E-state index in [4.69, 9.17) is 28.9 Å². The van der Waals surface area contributed by atoms with E-state index < -0.39 is 6.04 Å². The Kier molecular flexibility index (Phi) is 5.93. The van der Waals surface area contributed by atoms with Crippen molar-refractivity contribution < 1.29 is 4.79 Å². The standard InChI is InChI=1S/C13H18Cl2N2O/c1-8(2)12(16)13(18)17-4-3-9-5-10(14)7-11(15)6-9/h5-8,12H,3-4,16H2,1-2H3,(H,17,18)/t12-/m0/s1. The Labute approximate surface area is 118 Å². The van der Waals surface area contributed by atoms with Crippen molar-refractivity contribution in [2.24, 2.45) is 11.7 Å². The van der Waals surface area contributed by atoms with Crippen LogP contribution in [0.25, 0.3) is 0 Å².